The van der Waals surface area contributed by atoms with E-state index in [1.807, 2.05) is 44.2 Å². The third kappa shape index (κ3) is 5.74. The maximum Gasteiger partial charge on any atom is 0.243 e. The van der Waals surface area contributed by atoms with E-state index < -0.39 is 6.04 Å². The van der Waals surface area contributed by atoms with Gasteiger partial charge in [0.1, 0.15) is 17.9 Å². The number of nitrogens with one attached hydrogen (secondary N) is 1. The molecule has 1 saturated heterocycles. The van der Waals surface area contributed by atoms with Gasteiger partial charge in [0.15, 0.2) is 0 Å². The molecule has 0 unspecified atom stereocenters. The molecule has 1 N–H and O–H groups in total. The summed E-state index contributed by atoms with van der Waals surface area (Å²) in [6.45, 7) is 5.31. The van der Waals surface area contributed by atoms with Crippen molar-refractivity contribution in [3.63, 3.8) is 0 Å². The molecule has 2 rings (SSSR count). The first-order valence-corrected chi connectivity index (χ1v) is 8.79. The molecule has 1 aromatic carbocycles. The maximum atomic E-state index is 12.6. The zero-order chi connectivity index (χ0) is 18.2. The zero-order valence-corrected chi connectivity index (χ0v) is 15.2. The van der Waals surface area contributed by atoms with E-state index in [9.17, 15) is 9.59 Å². The number of benzene rings is 1. The second-order valence-electron chi connectivity index (χ2n) is 6.73. The van der Waals surface area contributed by atoms with Gasteiger partial charge in [-0.3, -0.25) is 9.59 Å². The molecule has 0 bridgehead atoms. The molecule has 0 aromatic heterocycles. The summed E-state index contributed by atoms with van der Waals surface area (Å²) in [5, 5.41) is 2.83. The smallest absolute Gasteiger partial charge is 0.243 e. The van der Waals surface area contributed by atoms with Crippen LogP contribution in [0, 0.1) is 5.92 Å². The molecule has 0 saturated carbocycles. The first-order chi connectivity index (χ1) is 12.0. The summed E-state index contributed by atoms with van der Waals surface area (Å²) in [6.07, 6.45) is 0.744. The SMILES string of the molecule is COCCNC(=O)[C@H]1C[C@H](Oc2ccccc2)CN1C(=O)CC(C)C. The summed E-state index contributed by atoms with van der Waals surface area (Å²) in [5.41, 5.74) is 0. The van der Waals surface area contributed by atoms with Gasteiger partial charge in [-0.25, -0.2) is 0 Å². The fourth-order valence-electron chi connectivity index (χ4n) is 2.96. The van der Waals surface area contributed by atoms with Crippen molar-refractivity contribution in [1.82, 2.24) is 10.2 Å². The molecule has 0 spiro atoms. The summed E-state index contributed by atoms with van der Waals surface area (Å²) < 4.78 is 10.9. The molecule has 1 heterocycles. The number of para-hydroxylation sites is 1. The molecule has 1 aliphatic rings. The molecule has 1 aromatic rings. The monoisotopic (exact) mass is 348 g/mol. The van der Waals surface area contributed by atoms with Crippen LogP contribution >= 0.6 is 0 Å². The Morgan fingerprint density at radius 3 is 2.64 bits per heavy atom. The van der Waals surface area contributed by atoms with Crippen LogP contribution in [0.2, 0.25) is 0 Å². The standard InChI is InChI=1S/C19H28N2O4/c1-14(2)11-18(22)21-13-16(25-15-7-5-4-6-8-15)12-17(21)19(23)20-9-10-24-3/h4-8,14,16-17H,9-13H2,1-3H3,(H,20,23)/t16-,17+/m0/s1. The number of nitrogens with zero attached hydrogens (tertiary/aromatic N) is 1. The van der Waals surface area contributed by atoms with Crippen LogP contribution in [0.25, 0.3) is 0 Å². The number of ether oxygens (including phenoxy) is 2. The minimum Gasteiger partial charge on any atom is -0.488 e. The van der Waals surface area contributed by atoms with Crippen molar-refractivity contribution in [2.45, 2.75) is 38.8 Å². The number of amides is 2. The van der Waals surface area contributed by atoms with E-state index in [0.717, 1.165) is 5.75 Å². The Morgan fingerprint density at radius 2 is 2.00 bits per heavy atom. The van der Waals surface area contributed by atoms with Gasteiger partial charge in [-0.15, -0.1) is 0 Å². The van der Waals surface area contributed by atoms with E-state index >= 15 is 0 Å². The third-order valence-corrected chi connectivity index (χ3v) is 4.12. The van der Waals surface area contributed by atoms with Gasteiger partial charge in [0.25, 0.3) is 0 Å². The van der Waals surface area contributed by atoms with E-state index in [1.165, 1.54) is 0 Å². The van der Waals surface area contributed by atoms with E-state index in [0.29, 0.717) is 32.5 Å². The summed E-state index contributed by atoms with van der Waals surface area (Å²) in [6, 6.07) is 9.00. The lowest BCUT2D eigenvalue weighted by molar-refractivity contribution is -0.139. The molecule has 2 atom stereocenters. The molecule has 2 amide bonds. The highest BCUT2D eigenvalue weighted by Gasteiger charge is 2.40. The second kappa shape index (κ2) is 9.42. The topological polar surface area (TPSA) is 67.9 Å². The molecule has 0 radical (unpaired) electrons. The fourth-order valence-corrected chi connectivity index (χ4v) is 2.96. The molecule has 138 valence electrons. The van der Waals surface area contributed by atoms with Crippen LogP contribution in [0.1, 0.15) is 26.7 Å². The van der Waals surface area contributed by atoms with Crippen LogP contribution in [0.4, 0.5) is 0 Å². The van der Waals surface area contributed by atoms with E-state index in [-0.39, 0.29) is 23.8 Å². The summed E-state index contributed by atoms with van der Waals surface area (Å²) >= 11 is 0. The lowest BCUT2D eigenvalue weighted by Gasteiger charge is -2.24. The van der Waals surface area contributed by atoms with Crippen molar-refractivity contribution in [2.24, 2.45) is 5.92 Å². The maximum absolute atomic E-state index is 12.6. The number of hydrogen-bond donors (Lipinski definition) is 1. The van der Waals surface area contributed by atoms with Crippen molar-refractivity contribution in [1.29, 1.82) is 0 Å². The van der Waals surface area contributed by atoms with Crippen molar-refractivity contribution in [3.05, 3.63) is 30.3 Å². The van der Waals surface area contributed by atoms with Gasteiger partial charge < -0.3 is 19.7 Å². The average Bonchev–Trinajstić information content (AvgIpc) is 2.99. The van der Waals surface area contributed by atoms with Gasteiger partial charge in [-0.1, -0.05) is 32.0 Å². The van der Waals surface area contributed by atoms with E-state index in [1.54, 1.807) is 12.0 Å². The van der Waals surface area contributed by atoms with E-state index in [4.69, 9.17) is 9.47 Å². The minimum atomic E-state index is -0.489. The minimum absolute atomic E-state index is 0.000975. The van der Waals surface area contributed by atoms with Crippen molar-refractivity contribution >= 4 is 11.8 Å². The molecule has 6 nitrogen and oxygen atoms in total. The van der Waals surface area contributed by atoms with Gasteiger partial charge in [0.05, 0.1) is 13.2 Å². The fraction of sp³-hybridized carbons (Fsp3) is 0.579. The predicted octanol–water partition coefficient (Wildman–Crippen LogP) is 1.84. The Morgan fingerprint density at radius 1 is 1.28 bits per heavy atom. The summed E-state index contributed by atoms with van der Waals surface area (Å²) in [7, 11) is 1.59. The van der Waals surface area contributed by atoms with Gasteiger partial charge >= 0.3 is 0 Å². The number of hydrogen-bond acceptors (Lipinski definition) is 4. The normalized spacial score (nSPS) is 19.9. The van der Waals surface area contributed by atoms with Crippen molar-refractivity contribution in [2.75, 3.05) is 26.8 Å². The van der Waals surface area contributed by atoms with Gasteiger partial charge in [0.2, 0.25) is 11.8 Å². The number of rotatable bonds is 8. The molecular formula is C19H28N2O4. The highest BCUT2D eigenvalue weighted by Crippen LogP contribution is 2.24. The Bertz CT molecular complexity index is 562. The third-order valence-electron chi connectivity index (χ3n) is 4.12. The predicted molar refractivity (Wildman–Crippen MR) is 95.3 cm³/mol. The highest BCUT2D eigenvalue weighted by molar-refractivity contribution is 5.88. The zero-order valence-electron chi connectivity index (χ0n) is 15.2. The highest BCUT2D eigenvalue weighted by atomic mass is 16.5. The molecular weight excluding hydrogens is 320 g/mol. The molecule has 0 aliphatic carbocycles. The lowest BCUT2D eigenvalue weighted by atomic mass is 10.1. The molecule has 25 heavy (non-hydrogen) atoms. The van der Waals surface area contributed by atoms with Crippen LogP contribution in [-0.4, -0.2) is 55.7 Å². The Kier molecular flexibility index (Phi) is 7.25. The molecule has 6 heteroatoms. The molecule has 1 aliphatic heterocycles. The summed E-state index contributed by atoms with van der Waals surface area (Å²) in [5.74, 6) is 0.859. The number of likely N-dealkylation sites (tertiary alicyclic amines) is 1. The number of methoxy groups -OCH3 is 1. The van der Waals surface area contributed by atoms with Crippen LogP contribution < -0.4 is 10.1 Å². The lowest BCUT2D eigenvalue weighted by Crippen LogP contribution is -2.46. The Labute approximate surface area is 149 Å². The Balaban J connectivity index is 2.04. The number of carbonyl (C=O) groups excluding carboxylic acids is 2. The van der Waals surface area contributed by atoms with Gasteiger partial charge in [-0.05, 0) is 18.1 Å². The van der Waals surface area contributed by atoms with Crippen LogP contribution in [0.5, 0.6) is 5.75 Å². The first-order valence-electron chi connectivity index (χ1n) is 8.79. The second-order valence-corrected chi connectivity index (χ2v) is 6.73. The van der Waals surface area contributed by atoms with Crippen LogP contribution in [0.15, 0.2) is 30.3 Å². The van der Waals surface area contributed by atoms with Gasteiger partial charge in [0, 0.05) is 26.5 Å². The van der Waals surface area contributed by atoms with Gasteiger partial charge in [-0.2, -0.15) is 0 Å². The quantitative estimate of drug-likeness (QED) is 0.728. The average molecular weight is 348 g/mol. The van der Waals surface area contributed by atoms with Crippen molar-refractivity contribution < 1.29 is 19.1 Å². The van der Waals surface area contributed by atoms with Crippen molar-refractivity contribution in [3.8, 4) is 5.75 Å². The Hall–Kier alpha value is -2.08. The molecule has 1 fully saturated rings. The van der Waals surface area contributed by atoms with Crippen LogP contribution in [-0.2, 0) is 14.3 Å². The summed E-state index contributed by atoms with van der Waals surface area (Å²) in [4.78, 5) is 26.7. The first kappa shape index (κ1) is 19.2. The van der Waals surface area contributed by atoms with Crippen LogP contribution in [0.3, 0.4) is 0 Å². The largest absolute Gasteiger partial charge is 0.488 e. The van der Waals surface area contributed by atoms with E-state index in [2.05, 4.69) is 5.32 Å². The number of carbonyl (C=O) groups is 2.